The van der Waals surface area contributed by atoms with Gasteiger partial charge in [0.1, 0.15) is 0 Å². The molecule has 6 nitrogen and oxygen atoms in total. The number of ether oxygens (including phenoxy) is 1. The minimum atomic E-state index is -0.356. The minimum Gasteiger partial charge on any atom is -0.465 e. The Labute approximate surface area is 150 Å². The van der Waals surface area contributed by atoms with Gasteiger partial charge in [0.2, 0.25) is 0 Å². The van der Waals surface area contributed by atoms with Crippen LogP contribution in [0.15, 0.2) is 54.6 Å². The fourth-order valence-electron chi connectivity index (χ4n) is 3.97. The molecule has 0 spiro atoms. The lowest BCUT2D eigenvalue weighted by molar-refractivity contribution is -0.384. The Balaban J connectivity index is 1.69. The van der Waals surface area contributed by atoms with E-state index in [4.69, 9.17) is 4.74 Å². The monoisotopic (exact) mass is 350 g/mol. The maximum absolute atomic E-state index is 11.6. The summed E-state index contributed by atoms with van der Waals surface area (Å²) in [6, 6.07) is 12.5. The number of hydrogen-bond acceptors (Lipinski definition) is 5. The van der Waals surface area contributed by atoms with Crippen LogP contribution < -0.4 is 5.32 Å². The Kier molecular flexibility index (Phi) is 3.95. The number of rotatable bonds is 3. The normalized spacial score (nSPS) is 22.9. The summed E-state index contributed by atoms with van der Waals surface area (Å²) in [6.07, 6.45) is 5.19. The highest BCUT2D eigenvalue weighted by molar-refractivity contribution is 5.89. The van der Waals surface area contributed by atoms with E-state index in [0.29, 0.717) is 5.56 Å². The SMILES string of the molecule is COC(=O)c1ccc(C2Nc3ccc([N+](=O)[O-])cc3C3C=CCC32)cc1. The lowest BCUT2D eigenvalue weighted by Gasteiger charge is -2.37. The first-order valence-electron chi connectivity index (χ1n) is 8.48. The van der Waals surface area contributed by atoms with Crippen LogP contribution in [0.4, 0.5) is 11.4 Å². The number of carbonyl (C=O) groups is 1. The van der Waals surface area contributed by atoms with E-state index < -0.39 is 0 Å². The molecule has 2 aromatic carbocycles. The van der Waals surface area contributed by atoms with Gasteiger partial charge in [0.15, 0.2) is 0 Å². The molecule has 0 aromatic heterocycles. The predicted octanol–water partition coefficient (Wildman–Crippen LogP) is 4.21. The Morgan fingerprint density at radius 1 is 1.23 bits per heavy atom. The minimum absolute atomic E-state index is 0.0793. The number of nitro benzene ring substituents is 1. The molecule has 3 atom stereocenters. The zero-order chi connectivity index (χ0) is 18.3. The number of benzene rings is 2. The molecule has 2 aliphatic rings. The van der Waals surface area contributed by atoms with E-state index in [9.17, 15) is 14.9 Å². The summed E-state index contributed by atoms with van der Waals surface area (Å²) in [5, 5.41) is 14.6. The lowest BCUT2D eigenvalue weighted by Crippen LogP contribution is -2.29. The van der Waals surface area contributed by atoms with Gasteiger partial charge in [-0.2, -0.15) is 0 Å². The van der Waals surface area contributed by atoms with Gasteiger partial charge in [-0.3, -0.25) is 10.1 Å². The van der Waals surface area contributed by atoms with Crippen LogP contribution in [0.2, 0.25) is 0 Å². The molecule has 3 unspecified atom stereocenters. The third-order valence-electron chi connectivity index (χ3n) is 5.25. The maximum Gasteiger partial charge on any atom is 0.337 e. The van der Waals surface area contributed by atoms with Gasteiger partial charge in [0.05, 0.1) is 23.6 Å². The number of methoxy groups -OCH3 is 1. The zero-order valence-electron chi connectivity index (χ0n) is 14.2. The van der Waals surface area contributed by atoms with Crippen molar-refractivity contribution in [3.05, 3.63) is 81.4 Å². The molecule has 2 aromatic rings. The second-order valence-corrected chi connectivity index (χ2v) is 6.62. The molecule has 0 saturated heterocycles. The number of non-ortho nitro benzene ring substituents is 1. The Bertz CT molecular complexity index is 905. The molecule has 132 valence electrons. The quantitative estimate of drug-likeness (QED) is 0.388. The van der Waals surface area contributed by atoms with Crippen LogP contribution in [-0.4, -0.2) is 18.0 Å². The first-order valence-corrected chi connectivity index (χ1v) is 8.48. The zero-order valence-corrected chi connectivity index (χ0v) is 14.2. The summed E-state index contributed by atoms with van der Waals surface area (Å²) in [4.78, 5) is 22.4. The Morgan fingerprint density at radius 3 is 2.69 bits per heavy atom. The molecule has 0 fully saturated rings. The predicted molar refractivity (Wildman–Crippen MR) is 97.2 cm³/mol. The number of hydrogen-bond donors (Lipinski definition) is 1. The molecule has 0 bridgehead atoms. The van der Waals surface area contributed by atoms with Crippen LogP contribution in [0.3, 0.4) is 0 Å². The smallest absolute Gasteiger partial charge is 0.337 e. The molecule has 1 N–H and O–H groups in total. The van der Waals surface area contributed by atoms with E-state index in [2.05, 4.69) is 17.5 Å². The van der Waals surface area contributed by atoms with Gasteiger partial charge in [0, 0.05) is 23.7 Å². The van der Waals surface area contributed by atoms with E-state index >= 15 is 0 Å². The van der Waals surface area contributed by atoms with E-state index in [0.717, 1.165) is 23.2 Å². The Hall–Kier alpha value is -3.15. The molecule has 4 rings (SSSR count). The highest BCUT2D eigenvalue weighted by atomic mass is 16.6. The summed E-state index contributed by atoms with van der Waals surface area (Å²) in [6.45, 7) is 0. The van der Waals surface area contributed by atoms with Crippen molar-refractivity contribution in [1.29, 1.82) is 0 Å². The first-order chi connectivity index (χ1) is 12.6. The van der Waals surface area contributed by atoms with Crippen molar-refractivity contribution in [2.45, 2.75) is 18.4 Å². The van der Waals surface area contributed by atoms with Gasteiger partial charge < -0.3 is 10.1 Å². The summed E-state index contributed by atoms with van der Waals surface area (Å²) in [5.74, 6) is 0.0798. The van der Waals surface area contributed by atoms with Crippen LogP contribution in [0.1, 0.15) is 39.9 Å². The molecule has 0 amide bonds. The first kappa shape index (κ1) is 16.3. The third kappa shape index (κ3) is 2.63. The van der Waals surface area contributed by atoms with Gasteiger partial charge in [-0.15, -0.1) is 0 Å². The average molecular weight is 350 g/mol. The van der Waals surface area contributed by atoms with Crippen LogP contribution >= 0.6 is 0 Å². The number of nitrogens with one attached hydrogen (secondary N) is 1. The number of allylic oxidation sites excluding steroid dienone is 2. The highest BCUT2D eigenvalue weighted by Crippen LogP contribution is 2.50. The van der Waals surface area contributed by atoms with Crippen LogP contribution in [-0.2, 0) is 4.74 Å². The number of nitrogens with zero attached hydrogens (tertiary/aromatic N) is 1. The molecule has 1 aliphatic heterocycles. The third-order valence-corrected chi connectivity index (χ3v) is 5.25. The fraction of sp³-hybridized carbons (Fsp3) is 0.250. The van der Waals surface area contributed by atoms with Crippen molar-refractivity contribution in [2.75, 3.05) is 12.4 Å². The molecule has 26 heavy (non-hydrogen) atoms. The van der Waals surface area contributed by atoms with Gasteiger partial charge in [-0.1, -0.05) is 24.3 Å². The number of anilines is 1. The van der Waals surface area contributed by atoms with E-state index in [-0.39, 0.29) is 34.5 Å². The molecule has 1 aliphatic carbocycles. The van der Waals surface area contributed by atoms with Crippen molar-refractivity contribution < 1.29 is 14.5 Å². The number of carbonyl (C=O) groups excluding carboxylic acids is 1. The van der Waals surface area contributed by atoms with Gasteiger partial charge in [-0.05, 0) is 41.7 Å². The van der Waals surface area contributed by atoms with Crippen molar-refractivity contribution >= 4 is 17.3 Å². The number of fused-ring (bicyclic) bond motifs is 3. The van der Waals surface area contributed by atoms with Crippen molar-refractivity contribution in [2.24, 2.45) is 5.92 Å². The second kappa shape index (κ2) is 6.29. The Morgan fingerprint density at radius 2 is 2.00 bits per heavy atom. The van der Waals surface area contributed by atoms with E-state index in [1.54, 1.807) is 24.3 Å². The maximum atomic E-state index is 11.6. The molecule has 0 radical (unpaired) electrons. The lowest BCUT2D eigenvalue weighted by atomic mass is 9.77. The second-order valence-electron chi connectivity index (χ2n) is 6.62. The molecular formula is C20H18N2O4. The fourth-order valence-corrected chi connectivity index (χ4v) is 3.97. The van der Waals surface area contributed by atoms with Crippen LogP contribution in [0.5, 0.6) is 0 Å². The largest absolute Gasteiger partial charge is 0.465 e. The summed E-state index contributed by atoms with van der Waals surface area (Å²) >= 11 is 0. The van der Waals surface area contributed by atoms with Crippen LogP contribution in [0, 0.1) is 16.0 Å². The summed E-state index contributed by atoms with van der Waals surface area (Å²) in [7, 11) is 1.36. The topological polar surface area (TPSA) is 81.5 Å². The molecule has 0 saturated carbocycles. The molecular weight excluding hydrogens is 332 g/mol. The standard InChI is InChI=1S/C20H18N2O4/c1-26-20(23)13-7-5-12(6-8-13)19-16-4-2-3-15(16)17-11-14(22(24)25)9-10-18(17)21-19/h2-3,5-11,15-16,19,21H,4H2,1H3. The summed E-state index contributed by atoms with van der Waals surface area (Å²) < 4.78 is 4.75. The van der Waals surface area contributed by atoms with Crippen molar-refractivity contribution in [1.82, 2.24) is 0 Å². The van der Waals surface area contributed by atoms with E-state index in [1.165, 1.54) is 13.2 Å². The number of nitro groups is 1. The average Bonchev–Trinajstić information content (AvgIpc) is 3.16. The highest BCUT2D eigenvalue weighted by Gasteiger charge is 2.38. The van der Waals surface area contributed by atoms with Gasteiger partial charge >= 0.3 is 5.97 Å². The van der Waals surface area contributed by atoms with Gasteiger partial charge in [0.25, 0.3) is 5.69 Å². The van der Waals surface area contributed by atoms with Crippen molar-refractivity contribution in [3.8, 4) is 0 Å². The molecule has 1 heterocycles. The number of esters is 1. The van der Waals surface area contributed by atoms with Crippen LogP contribution in [0.25, 0.3) is 0 Å². The van der Waals surface area contributed by atoms with Crippen molar-refractivity contribution in [3.63, 3.8) is 0 Å². The summed E-state index contributed by atoms with van der Waals surface area (Å²) in [5.41, 5.74) is 3.61. The molecule has 6 heteroatoms. The van der Waals surface area contributed by atoms with E-state index in [1.807, 2.05) is 12.1 Å². The van der Waals surface area contributed by atoms with Gasteiger partial charge in [-0.25, -0.2) is 4.79 Å².